The zero-order chi connectivity index (χ0) is 19.3. The van der Waals surface area contributed by atoms with Crippen molar-refractivity contribution in [1.29, 1.82) is 0 Å². The minimum atomic E-state index is -0.179. The number of hydrogen-bond acceptors (Lipinski definition) is 6. The van der Waals surface area contributed by atoms with Gasteiger partial charge < -0.3 is 15.5 Å². The van der Waals surface area contributed by atoms with E-state index in [9.17, 15) is 4.79 Å². The number of aryl methyl sites for hydroxylation is 1. The Morgan fingerprint density at radius 2 is 1.93 bits per heavy atom. The molecule has 1 aromatic carbocycles. The van der Waals surface area contributed by atoms with Crippen LogP contribution in [0, 0.1) is 6.92 Å². The largest absolute Gasteiger partial charge is 0.356 e. The lowest BCUT2D eigenvalue weighted by atomic mass is 10.1. The van der Waals surface area contributed by atoms with Gasteiger partial charge in [-0.15, -0.1) is 0 Å². The summed E-state index contributed by atoms with van der Waals surface area (Å²) in [5, 5.41) is 7.98. The fraction of sp³-hybridized carbons (Fsp3) is 0.333. The first kappa shape index (κ1) is 18.2. The van der Waals surface area contributed by atoms with E-state index in [0.717, 1.165) is 35.4 Å². The number of amides is 1. The van der Waals surface area contributed by atoms with Crippen molar-refractivity contribution in [2.45, 2.75) is 19.8 Å². The average Bonchev–Trinajstić information content (AvgIpc) is 3.25. The van der Waals surface area contributed by atoms with Gasteiger partial charge in [0.1, 0.15) is 11.5 Å². The molecular formula is C21H24N6O. The third-order valence-corrected chi connectivity index (χ3v) is 4.85. The van der Waals surface area contributed by atoms with Gasteiger partial charge in [-0.2, -0.15) is 4.98 Å². The third kappa shape index (κ3) is 4.03. The molecule has 0 atom stereocenters. The van der Waals surface area contributed by atoms with Gasteiger partial charge in [0.25, 0.3) is 5.91 Å². The van der Waals surface area contributed by atoms with Gasteiger partial charge in [0.05, 0.1) is 0 Å². The highest BCUT2D eigenvalue weighted by atomic mass is 16.1. The Kier molecular flexibility index (Phi) is 5.32. The van der Waals surface area contributed by atoms with E-state index in [1.807, 2.05) is 43.3 Å². The van der Waals surface area contributed by atoms with Crippen molar-refractivity contribution in [2.75, 3.05) is 36.4 Å². The molecule has 0 radical (unpaired) electrons. The molecule has 28 heavy (non-hydrogen) atoms. The smallest absolute Gasteiger partial charge is 0.270 e. The molecule has 1 aliphatic heterocycles. The van der Waals surface area contributed by atoms with E-state index in [4.69, 9.17) is 0 Å². The Morgan fingerprint density at radius 1 is 1.11 bits per heavy atom. The zero-order valence-corrected chi connectivity index (χ0v) is 16.0. The molecule has 3 heterocycles. The number of aromatic nitrogens is 3. The maximum atomic E-state index is 12.5. The SMILES string of the molecule is Cc1cc(N2CCCC2)nc(NCCNC(=O)c2nccc3ccccc23)n1. The summed E-state index contributed by atoms with van der Waals surface area (Å²) in [5.41, 5.74) is 1.38. The van der Waals surface area contributed by atoms with Gasteiger partial charge in [-0.25, -0.2) is 4.98 Å². The molecule has 0 spiro atoms. The summed E-state index contributed by atoms with van der Waals surface area (Å²) >= 11 is 0. The van der Waals surface area contributed by atoms with Gasteiger partial charge in [-0.3, -0.25) is 9.78 Å². The van der Waals surface area contributed by atoms with Gasteiger partial charge in [0, 0.05) is 49.5 Å². The fourth-order valence-corrected chi connectivity index (χ4v) is 3.47. The lowest BCUT2D eigenvalue weighted by molar-refractivity contribution is 0.0952. The lowest BCUT2D eigenvalue weighted by Gasteiger charge is -2.17. The Bertz CT molecular complexity index is 978. The molecular weight excluding hydrogens is 352 g/mol. The topological polar surface area (TPSA) is 83.0 Å². The van der Waals surface area contributed by atoms with Crippen LogP contribution in [0.4, 0.5) is 11.8 Å². The van der Waals surface area contributed by atoms with Crippen LogP contribution in [0.15, 0.2) is 42.6 Å². The molecule has 1 aliphatic rings. The minimum Gasteiger partial charge on any atom is -0.356 e. The van der Waals surface area contributed by atoms with E-state index in [-0.39, 0.29) is 5.91 Å². The predicted octanol–water partition coefficient (Wildman–Crippen LogP) is 2.78. The van der Waals surface area contributed by atoms with Crippen LogP contribution in [-0.2, 0) is 0 Å². The van der Waals surface area contributed by atoms with E-state index >= 15 is 0 Å². The summed E-state index contributed by atoms with van der Waals surface area (Å²) in [6.07, 6.45) is 4.08. The summed E-state index contributed by atoms with van der Waals surface area (Å²) < 4.78 is 0. The highest BCUT2D eigenvalue weighted by Crippen LogP contribution is 2.20. The molecule has 1 amide bonds. The number of anilines is 2. The van der Waals surface area contributed by atoms with E-state index in [2.05, 4.69) is 30.5 Å². The normalized spacial score (nSPS) is 13.7. The summed E-state index contributed by atoms with van der Waals surface area (Å²) in [4.78, 5) is 28.1. The van der Waals surface area contributed by atoms with Crippen LogP contribution >= 0.6 is 0 Å². The van der Waals surface area contributed by atoms with Crippen molar-refractivity contribution in [1.82, 2.24) is 20.3 Å². The number of nitrogens with one attached hydrogen (secondary N) is 2. The van der Waals surface area contributed by atoms with Crippen LogP contribution < -0.4 is 15.5 Å². The van der Waals surface area contributed by atoms with E-state index in [1.54, 1.807) is 6.20 Å². The van der Waals surface area contributed by atoms with Gasteiger partial charge in [-0.1, -0.05) is 24.3 Å². The van der Waals surface area contributed by atoms with Crippen molar-refractivity contribution in [3.8, 4) is 0 Å². The molecule has 3 aromatic rings. The molecule has 0 aliphatic carbocycles. The first-order chi connectivity index (χ1) is 13.7. The maximum Gasteiger partial charge on any atom is 0.270 e. The van der Waals surface area contributed by atoms with Gasteiger partial charge in [0.15, 0.2) is 0 Å². The summed E-state index contributed by atoms with van der Waals surface area (Å²) in [6, 6.07) is 11.7. The highest BCUT2D eigenvalue weighted by Gasteiger charge is 2.15. The number of carbonyl (C=O) groups excluding carboxylic acids is 1. The Morgan fingerprint density at radius 3 is 2.79 bits per heavy atom. The van der Waals surface area contributed by atoms with E-state index in [0.29, 0.717) is 24.7 Å². The first-order valence-corrected chi connectivity index (χ1v) is 9.67. The van der Waals surface area contributed by atoms with Crippen molar-refractivity contribution in [3.63, 3.8) is 0 Å². The maximum absolute atomic E-state index is 12.5. The molecule has 1 fully saturated rings. The molecule has 0 bridgehead atoms. The van der Waals surface area contributed by atoms with E-state index < -0.39 is 0 Å². The predicted molar refractivity (Wildman–Crippen MR) is 111 cm³/mol. The second-order valence-corrected chi connectivity index (χ2v) is 6.95. The van der Waals surface area contributed by atoms with Crippen LogP contribution in [-0.4, -0.2) is 47.0 Å². The second-order valence-electron chi connectivity index (χ2n) is 6.95. The molecule has 144 valence electrons. The number of carbonyl (C=O) groups is 1. The van der Waals surface area contributed by atoms with Crippen molar-refractivity contribution < 1.29 is 4.79 Å². The van der Waals surface area contributed by atoms with Gasteiger partial charge >= 0.3 is 0 Å². The molecule has 0 unspecified atom stereocenters. The molecule has 2 N–H and O–H groups in total. The number of fused-ring (bicyclic) bond motifs is 1. The molecule has 0 saturated carbocycles. The first-order valence-electron chi connectivity index (χ1n) is 9.67. The van der Waals surface area contributed by atoms with Crippen LogP contribution in [0.1, 0.15) is 29.0 Å². The lowest BCUT2D eigenvalue weighted by Crippen LogP contribution is -2.30. The fourth-order valence-electron chi connectivity index (χ4n) is 3.47. The van der Waals surface area contributed by atoms with Crippen LogP contribution in [0.5, 0.6) is 0 Å². The van der Waals surface area contributed by atoms with Crippen LogP contribution in [0.2, 0.25) is 0 Å². The number of hydrogen-bond donors (Lipinski definition) is 2. The van der Waals surface area contributed by atoms with Gasteiger partial charge in [0.2, 0.25) is 5.95 Å². The molecule has 2 aromatic heterocycles. The second kappa shape index (κ2) is 8.21. The number of nitrogens with zero attached hydrogens (tertiary/aromatic N) is 4. The van der Waals surface area contributed by atoms with Crippen molar-refractivity contribution >= 4 is 28.4 Å². The van der Waals surface area contributed by atoms with Crippen LogP contribution in [0.25, 0.3) is 10.8 Å². The number of benzene rings is 1. The zero-order valence-electron chi connectivity index (χ0n) is 16.0. The summed E-state index contributed by atoms with van der Waals surface area (Å²) in [5.74, 6) is 1.39. The average molecular weight is 376 g/mol. The van der Waals surface area contributed by atoms with E-state index in [1.165, 1.54) is 12.8 Å². The molecule has 4 rings (SSSR count). The Hall–Kier alpha value is -3.22. The van der Waals surface area contributed by atoms with Crippen LogP contribution in [0.3, 0.4) is 0 Å². The molecule has 7 nitrogen and oxygen atoms in total. The summed E-state index contributed by atoms with van der Waals surface area (Å²) in [6.45, 7) is 5.06. The number of rotatable bonds is 6. The number of pyridine rings is 1. The Balaban J connectivity index is 1.35. The molecule has 7 heteroatoms. The minimum absolute atomic E-state index is 0.179. The van der Waals surface area contributed by atoms with Gasteiger partial charge in [-0.05, 0) is 31.2 Å². The standard InChI is InChI=1S/C21H24N6O/c1-15-14-18(27-12-4-5-13-27)26-21(25-15)24-11-10-23-20(28)19-17-7-3-2-6-16(17)8-9-22-19/h2-3,6-9,14H,4-5,10-13H2,1H3,(H,23,28)(H,24,25,26). The Labute approximate surface area is 164 Å². The summed E-state index contributed by atoms with van der Waals surface area (Å²) in [7, 11) is 0. The quantitative estimate of drug-likeness (QED) is 0.644. The highest BCUT2D eigenvalue weighted by molar-refractivity contribution is 6.05. The van der Waals surface area contributed by atoms with Crippen molar-refractivity contribution in [2.24, 2.45) is 0 Å². The monoisotopic (exact) mass is 376 g/mol. The molecule has 1 saturated heterocycles. The third-order valence-electron chi connectivity index (χ3n) is 4.85. The van der Waals surface area contributed by atoms with Crippen molar-refractivity contribution in [3.05, 3.63) is 54.0 Å².